The Hall–Kier alpha value is -2.38. The Morgan fingerprint density at radius 3 is 2.75 bits per heavy atom. The third-order valence-electron chi connectivity index (χ3n) is 3.55. The van der Waals surface area contributed by atoms with Crippen molar-refractivity contribution in [2.75, 3.05) is 0 Å². The van der Waals surface area contributed by atoms with Crippen molar-refractivity contribution < 1.29 is 4.39 Å². The zero-order valence-corrected chi connectivity index (χ0v) is 13.8. The van der Waals surface area contributed by atoms with Crippen LogP contribution in [0.15, 0.2) is 58.6 Å². The Bertz CT molecular complexity index is 873. The van der Waals surface area contributed by atoms with Crippen LogP contribution < -0.4 is 10.7 Å². The molecule has 7 heteroatoms. The van der Waals surface area contributed by atoms with Crippen LogP contribution in [-0.4, -0.2) is 14.5 Å². The monoisotopic (exact) mass is 344 g/mol. The van der Waals surface area contributed by atoms with Crippen molar-refractivity contribution in [1.82, 2.24) is 19.9 Å². The van der Waals surface area contributed by atoms with Gasteiger partial charge in [0.25, 0.3) is 0 Å². The lowest BCUT2D eigenvalue weighted by Crippen LogP contribution is -2.18. The van der Waals surface area contributed by atoms with E-state index in [1.54, 1.807) is 18.3 Å². The van der Waals surface area contributed by atoms with Crippen molar-refractivity contribution >= 4 is 12.6 Å². The van der Waals surface area contributed by atoms with Crippen molar-refractivity contribution in [2.24, 2.45) is 0 Å². The number of H-pyrrole nitrogens is 1. The molecule has 2 heterocycles. The highest BCUT2D eigenvalue weighted by Gasteiger charge is 2.04. The van der Waals surface area contributed by atoms with Gasteiger partial charge in [-0.3, -0.25) is 4.79 Å². The average molecular weight is 344 g/mol. The first-order chi connectivity index (χ1) is 11.6. The molecule has 0 aliphatic heterocycles. The van der Waals surface area contributed by atoms with Crippen molar-refractivity contribution in [3.05, 3.63) is 81.9 Å². The normalized spacial score (nSPS) is 10.9. The van der Waals surface area contributed by atoms with Crippen LogP contribution in [0.3, 0.4) is 0 Å². The van der Waals surface area contributed by atoms with E-state index >= 15 is 0 Å². The molecule has 0 atom stereocenters. The van der Waals surface area contributed by atoms with Crippen LogP contribution in [0.4, 0.5) is 4.39 Å². The highest BCUT2D eigenvalue weighted by molar-refractivity contribution is 7.80. The number of aromatic amines is 1. The van der Waals surface area contributed by atoms with Crippen LogP contribution in [0.1, 0.15) is 17.1 Å². The SMILES string of the molecule is O=c1cc(S)[nH]c(CNCc2nccn2Cc2ccc(F)cc2)c1. The zero-order chi connectivity index (χ0) is 16.9. The van der Waals surface area contributed by atoms with E-state index < -0.39 is 0 Å². The third-order valence-corrected chi connectivity index (χ3v) is 3.79. The van der Waals surface area contributed by atoms with E-state index in [0.29, 0.717) is 24.7 Å². The Morgan fingerprint density at radius 1 is 1.21 bits per heavy atom. The molecule has 0 radical (unpaired) electrons. The van der Waals surface area contributed by atoms with E-state index in [-0.39, 0.29) is 11.2 Å². The molecule has 0 saturated carbocycles. The third kappa shape index (κ3) is 4.33. The number of nitrogens with one attached hydrogen (secondary N) is 2. The molecule has 0 saturated heterocycles. The maximum Gasteiger partial charge on any atom is 0.183 e. The van der Waals surface area contributed by atoms with E-state index in [4.69, 9.17) is 0 Å². The summed E-state index contributed by atoms with van der Waals surface area (Å²) in [5.41, 5.74) is 1.69. The first kappa shape index (κ1) is 16.5. The molecular weight excluding hydrogens is 327 g/mol. The summed E-state index contributed by atoms with van der Waals surface area (Å²) in [6.07, 6.45) is 3.62. The fourth-order valence-electron chi connectivity index (χ4n) is 2.43. The number of benzene rings is 1. The lowest BCUT2D eigenvalue weighted by atomic mass is 10.2. The molecule has 2 N–H and O–H groups in total. The molecular formula is C17H17FN4OS. The molecule has 5 nitrogen and oxygen atoms in total. The van der Waals surface area contributed by atoms with E-state index in [1.807, 2.05) is 10.8 Å². The van der Waals surface area contributed by atoms with E-state index in [2.05, 4.69) is 27.9 Å². The summed E-state index contributed by atoms with van der Waals surface area (Å²) in [6, 6.07) is 9.39. The highest BCUT2D eigenvalue weighted by Crippen LogP contribution is 2.07. The number of thiol groups is 1. The number of imidazole rings is 1. The van der Waals surface area contributed by atoms with Gasteiger partial charge in [0.1, 0.15) is 11.6 Å². The number of rotatable bonds is 6. The van der Waals surface area contributed by atoms with Crippen molar-refractivity contribution in [3.8, 4) is 0 Å². The van der Waals surface area contributed by atoms with Crippen LogP contribution in [0.2, 0.25) is 0 Å². The van der Waals surface area contributed by atoms with Gasteiger partial charge in [-0.25, -0.2) is 9.37 Å². The number of hydrogen-bond acceptors (Lipinski definition) is 4. The molecule has 3 rings (SSSR count). The van der Waals surface area contributed by atoms with E-state index in [9.17, 15) is 9.18 Å². The quantitative estimate of drug-likeness (QED) is 0.602. The second-order valence-electron chi connectivity index (χ2n) is 5.43. The van der Waals surface area contributed by atoms with Gasteiger partial charge in [-0.2, -0.15) is 0 Å². The van der Waals surface area contributed by atoms with E-state index in [0.717, 1.165) is 17.1 Å². The Kier molecular flexibility index (Phi) is 5.12. The molecule has 0 unspecified atom stereocenters. The van der Waals surface area contributed by atoms with Gasteiger partial charge in [0.05, 0.1) is 11.6 Å². The minimum Gasteiger partial charge on any atom is -0.353 e. The molecule has 0 spiro atoms. The van der Waals surface area contributed by atoms with Crippen LogP contribution in [0.5, 0.6) is 0 Å². The van der Waals surface area contributed by atoms with Gasteiger partial charge in [-0.1, -0.05) is 12.1 Å². The second-order valence-corrected chi connectivity index (χ2v) is 5.91. The van der Waals surface area contributed by atoms with Crippen LogP contribution in [0, 0.1) is 5.82 Å². The van der Waals surface area contributed by atoms with E-state index in [1.165, 1.54) is 24.3 Å². The largest absolute Gasteiger partial charge is 0.353 e. The molecule has 0 amide bonds. The maximum absolute atomic E-state index is 13.0. The molecule has 2 aromatic heterocycles. The standard InChI is InChI=1S/C17H17FN4OS/c18-13-3-1-12(2-4-13)11-22-6-5-20-16(22)10-19-9-14-7-15(23)8-17(24)21-14/h1-8,19H,9-11H2,(H2,21,23,24). The Labute approximate surface area is 144 Å². The van der Waals surface area contributed by atoms with Crippen LogP contribution in [-0.2, 0) is 19.6 Å². The fourth-order valence-corrected chi connectivity index (χ4v) is 2.70. The van der Waals surface area contributed by atoms with Gasteiger partial charge in [0.15, 0.2) is 5.43 Å². The minimum atomic E-state index is -0.244. The van der Waals surface area contributed by atoms with Crippen molar-refractivity contribution in [1.29, 1.82) is 0 Å². The molecule has 24 heavy (non-hydrogen) atoms. The molecule has 0 bridgehead atoms. The number of pyridine rings is 1. The summed E-state index contributed by atoms with van der Waals surface area (Å²) >= 11 is 4.16. The number of hydrogen-bond donors (Lipinski definition) is 3. The van der Waals surface area contributed by atoms with Gasteiger partial charge in [-0.05, 0) is 17.7 Å². The molecule has 0 aliphatic carbocycles. The first-order valence-electron chi connectivity index (χ1n) is 7.47. The molecule has 0 fully saturated rings. The summed E-state index contributed by atoms with van der Waals surface area (Å²) in [6.45, 7) is 1.68. The summed E-state index contributed by atoms with van der Waals surface area (Å²) in [4.78, 5) is 18.8. The summed E-state index contributed by atoms with van der Waals surface area (Å²) < 4.78 is 15.0. The zero-order valence-electron chi connectivity index (χ0n) is 12.9. The molecule has 124 valence electrons. The smallest absolute Gasteiger partial charge is 0.183 e. The fraction of sp³-hybridized carbons (Fsp3) is 0.176. The van der Waals surface area contributed by atoms with Gasteiger partial charge in [0, 0.05) is 43.3 Å². The van der Waals surface area contributed by atoms with Crippen LogP contribution in [0.25, 0.3) is 0 Å². The van der Waals surface area contributed by atoms with Crippen LogP contribution >= 0.6 is 12.6 Å². The van der Waals surface area contributed by atoms with Gasteiger partial charge in [0.2, 0.25) is 0 Å². The molecule has 3 aromatic rings. The lowest BCUT2D eigenvalue weighted by Gasteiger charge is -2.09. The second kappa shape index (κ2) is 7.46. The maximum atomic E-state index is 13.0. The lowest BCUT2D eigenvalue weighted by molar-refractivity contribution is 0.610. The Morgan fingerprint density at radius 2 is 2.00 bits per heavy atom. The first-order valence-corrected chi connectivity index (χ1v) is 7.92. The number of nitrogens with zero attached hydrogens (tertiary/aromatic N) is 2. The van der Waals surface area contributed by atoms with Gasteiger partial charge >= 0.3 is 0 Å². The minimum absolute atomic E-state index is 0.0756. The number of aromatic nitrogens is 3. The van der Waals surface area contributed by atoms with Gasteiger partial charge < -0.3 is 14.9 Å². The van der Waals surface area contributed by atoms with Gasteiger partial charge in [-0.15, -0.1) is 12.6 Å². The Balaban J connectivity index is 1.61. The predicted molar refractivity (Wildman–Crippen MR) is 92.6 cm³/mol. The number of halogens is 1. The molecule has 1 aromatic carbocycles. The summed E-state index contributed by atoms with van der Waals surface area (Å²) in [5.74, 6) is 0.621. The average Bonchev–Trinajstić information content (AvgIpc) is 2.96. The van der Waals surface area contributed by atoms with Crippen molar-refractivity contribution in [2.45, 2.75) is 24.7 Å². The predicted octanol–water partition coefficient (Wildman–Crippen LogP) is 2.34. The summed E-state index contributed by atoms with van der Waals surface area (Å²) in [7, 11) is 0. The van der Waals surface area contributed by atoms with Crippen molar-refractivity contribution in [3.63, 3.8) is 0 Å². The summed E-state index contributed by atoms with van der Waals surface area (Å²) in [5, 5.41) is 3.79. The molecule has 0 aliphatic rings. The topological polar surface area (TPSA) is 62.7 Å². The highest BCUT2D eigenvalue weighted by atomic mass is 32.1.